The standard InChI is InChI=1S/C14H25N3O/c1-11(12-3-4-12)17(7-8-18-2)10-14(9-15)16-13-5-6-13/h11-14,16H,3-8,10H2,1-2H3. The summed E-state index contributed by atoms with van der Waals surface area (Å²) < 4.78 is 5.19. The van der Waals surface area contributed by atoms with Gasteiger partial charge in [0.25, 0.3) is 0 Å². The number of nitriles is 1. The van der Waals surface area contributed by atoms with Crippen LogP contribution in [0.15, 0.2) is 0 Å². The number of hydrogen-bond donors (Lipinski definition) is 1. The van der Waals surface area contributed by atoms with Crippen molar-refractivity contribution < 1.29 is 4.74 Å². The molecule has 18 heavy (non-hydrogen) atoms. The monoisotopic (exact) mass is 251 g/mol. The zero-order valence-electron chi connectivity index (χ0n) is 11.6. The quantitative estimate of drug-likeness (QED) is 0.672. The molecule has 2 atom stereocenters. The molecule has 0 aromatic carbocycles. The van der Waals surface area contributed by atoms with Gasteiger partial charge in [-0.05, 0) is 38.5 Å². The Labute approximate surface area is 110 Å². The molecule has 102 valence electrons. The smallest absolute Gasteiger partial charge is 0.108 e. The lowest BCUT2D eigenvalue weighted by molar-refractivity contribution is 0.112. The third-order valence-electron chi connectivity index (χ3n) is 4.05. The zero-order valence-corrected chi connectivity index (χ0v) is 11.6. The molecule has 1 N–H and O–H groups in total. The fraction of sp³-hybridized carbons (Fsp3) is 0.929. The molecule has 2 saturated carbocycles. The maximum absolute atomic E-state index is 9.24. The summed E-state index contributed by atoms with van der Waals surface area (Å²) in [5.41, 5.74) is 0. The predicted octanol–water partition coefficient (Wildman–Crippen LogP) is 1.38. The minimum absolute atomic E-state index is 0.0319. The first kappa shape index (κ1) is 13.8. The molecule has 2 aliphatic rings. The Balaban J connectivity index is 1.83. The van der Waals surface area contributed by atoms with Crippen molar-refractivity contribution in [3.8, 4) is 6.07 Å². The molecule has 0 bridgehead atoms. The molecule has 0 aromatic rings. The van der Waals surface area contributed by atoms with Gasteiger partial charge >= 0.3 is 0 Å². The van der Waals surface area contributed by atoms with Gasteiger partial charge in [-0.2, -0.15) is 5.26 Å². The Morgan fingerprint density at radius 2 is 2.11 bits per heavy atom. The molecule has 2 aliphatic carbocycles. The Hall–Kier alpha value is -0.630. The van der Waals surface area contributed by atoms with E-state index in [9.17, 15) is 5.26 Å². The van der Waals surface area contributed by atoms with E-state index in [0.717, 1.165) is 25.6 Å². The third-order valence-corrected chi connectivity index (χ3v) is 4.05. The molecule has 2 rings (SSSR count). The van der Waals surface area contributed by atoms with Gasteiger partial charge in [0.2, 0.25) is 0 Å². The van der Waals surface area contributed by atoms with Crippen LogP contribution in [0.4, 0.5) is 0 Å². The van der Waals surface area contributed by atoms with Crippen molar-refractivity contribution in [2.75, 3.05) is 26.8 Å². The second-order valence-electron chi connectivity index (χ2n) is 5.69. The fourth-order valence-corrected chi connectivity index (χ4v) is 2.45. The second-order valence-corrected chi connectivity index (χ2v) is 5.69. The van der Waals surface area contributed by atoms with Crippen molar-refractivity contribution in [3.63, 3.8) is 0 Å². The van der Waals surface area contributed by atoms with E-state index in [1.807, 2.05) is 0 Å². The summed E-state index contributed by atoms with van der Waals surface area (Å²) >= 11 is 0. The summed E-state index contributed by atoms with van der Waals surface area (Å²) in [7, 11) is 1.74. The van der Waals surface area contributed by atoms with E-state index in [2.05, 4.69) is 23.2 Å². The highest BCUT2D eigenvalue weighted by Gasteiger charge is 2.33. The van der Waals surface area contributed by atoms with Crippen LogP contribution < -0.4 is 5.32 Å². The van der Waals surface area contributed by atoms with Gasteiger partial charge in [-0.1, -0.05) is 0 Å². The number of nitrogens with one attached hydrogen (secondary N) is 1. The second kappa shape index (κ2) is 6.51. The normalized spacial score (nSPS) is 22.8. The third kappa shape index (κ3) is 4.24. The van der Waals surface area contributed by atoms with Crippen LogP contribution >= 0.6 is 0 Å². The minimum Gasteiger partial charge on any atom is -0.383 e. The van der Waals surface area contributed by atoms with Crippen LogP contribution in [0.1, 0.15) is 32.6 Å². The summed E-state index contributed by atoms with van der Waals surface area (Å²) in [5, 5.41) is 12.7. The van der Waals surface area contributed by atoms with E-state index in [0.29, 0.717) is 12.1 Å². The molecule has 0 aliphatic heterocycles. The van der Waals surface area contributed by atoms with E-state index in [1.165, 1.54) is 25.7 Å². The molecule has 0 spiro atoms. The molecule has 0 heterocycles. The van der Waals surface area contributed by atoms with E-state index in [4.69, 9.17) is 4.74 Å². The highest BCUT2D eigenvalue weighted by molar-refractivity contribution is 4.99. The van der Waals surface area contributed by atoms with Gasteiger partial charge in [0.05, 0.1) is 12.7 Å². The van der Waals surface area contributed by atoms with E-state index in [-0.39, 0.29) is 6.04 Å². The van der Waals surface area contributed by atoms with Crippen molar-refractivity contribution in [2.24, 2.45) is 5.92 Å². The number of methoxy groups -OCH3 is 1. The van der Waals surface area contributed by atoms with Crippen LogP contribution in [0.3, 0.4) is 0 Å². The molecule has 4 heteroatoms. The van der Waals surface area contributed by atoms with Gasteiger partial charge < -0.3 is 4.74 Å². The molecule has 4 nitrogen and oxygen atoms in total. The maximum Gasteiger partial charge on any atom is 0.108 e. The predicted molar refractivity (Wildman–Crippen MR) is 71.2 cm³/mol. The van der Waals surface area contributed by atoms with Gasteiger partial charge in [-0.15, -0.1) is 0 Å². The molecule has 2 unspecified atom stereocenters. The molecular formula is C14H25N3O. The number of nitrogens with zero attached hydrogens (tertiary/aromatic N) is 2. The molecule has 0 radical (unpaired) electrons. The van der Waals surface area contributed by atoms with Crippen molar-refractivity contribution in [1.29, 1.82) is 5.26 Å². The summed E-state index contributed by atoms with van der Waals surface area (Å²) in [4.78, 5) is 2.42. The zero-order chi connectivity index (χ0) is 13.0. The number of ether oxygens (including phenoxy) is 1. The highest BCUT2D eigenvalue weighted by atomic mass is 16.5. The number of hydrogen-bond acceptors (Lipinski definition) is 4. The van der Waals surface area contributed by atoms with E-state index < -0.39 is 0 Å². The SMILES string of the molecule is COCCN(CC(C#N)NC1CC1)C(C)C1CC1. The summed E-state index contributed by atoms with van der Waals surface area (Å²) in [5.74, 6) is 0.835. The van der Waals surface area contributed by atoms with Crippen molar-refractivity contribution in [1.82, 2.24) is 10.2 Å². The van der Waals surface area contributed by atoms with Crippen LogP contribution in [0.25, 0.3) is 0 Å². The summed E-state index contributed by atoms with van der Waals surface area (Å²) in [6.45, 7) is 4.80. The Bertz CT molecular complexity index is 294. The van der Waals surface area contributed by atoms with Gasteiger partial charge in [-0.3, -0.25) is 10.2 Å². The maximum atomic E-state index is 9.24. The first-order chi connectivity index (χ1) is 8.74. The lowest BCUT2D eigenvalue weighted by Gasteiger charge is -2.30. The van der Waals surface area contributed by atoms with Crippen molar-refractivity contribution in [3.05, 3.63) is 0 Å². The first-order valence-electron chi connectivity index (χ1n) is 7.13. The molecular weight excluding hydrogens is 226 g/mol. The average molecular weight is 251 g/mol. The van der Waals surface area contributed by atoms with Crippen LogP contribution in [0.2, 0.25) is 0 Å². The highest BCUT2D eigenvalue weighted by Crippen LogP contribution is 2.35. The van der Waals surface area contributed by atoms with Crippen LogP contribution in [-0.4, -0.2) is 49.8 Å². The Morgan fingerprint density at radius 3 is 2.61 bits per heavy atom. The average Bonchev–Trinajstić information content (AvgIpc) is 3.25. The van der Waals surface area contributed by atoms with Gasteiger partial charge in [0.15, 0.2) is 0 Å². The summed E-state index contributed by atoms with van der Waals surface area (Å²) in [6, 6.07) is 3.54. The minimum atomic E-state index is -0.0319. The topological polar surface area (TPSA) is 48.3 Å². The lowest BCUT2D eigenvalue weighted by Crippen LogP contribution is -2.46. The molecule has 0 aromatic heterocycles. The van der Waals surface area contributed by atoms with Gasteiger partial charge in [0.1, 0.15) is 6.04 Å². The molecule has 0 amide bonds. The van der Waals surface area contributed by atoms with Crippen LogP contribution in [0.5, 0.6) is 0 Å². The van der Waals surface area contributed by atoms with Crippen molar-refractivity contribution in [2.45, 2.75) is 50.7 Å². The Morgan fingerprint density at radius 1 is 1.39 bits per heavy atom. The van der Waals surface area contributed by atoms with Gasteiger partial charge in [0, 0.05) is 32.3 Å². The van der Waals surface area contributed by atoms with Gasteiger partial charge in [-0.25, -0.2) is 0 Å². The largest absolute Gasteiger partial charge is 0.383 e. The van der Waals surface area contributed by atoms with E-state index in [1.54, 1.807) is 7.11 Å². The number of rotatable bonds is 9. The molecule has 2 fully saturated rings. The Kier molecular flexibility index (Phi) is 4.99. The molecule has 0 saturated heterocycles. The fourth-order valence-electron chi connectivity index (χ4n) is 2.45. The lowest BCUT2D eigenvalue weighted by atomic mass is 10.1. The van der Waals surface area contributed by atoms with Crippen molar-refractivity contribution >= 4 is 0 Å². The van der Waals surface area contributed by atoms with Crippen LogP contribution in [-0.2, 0) is 4.74 Å². The first-order valence-corrected chi connectivity index (χ1v) is 7.13. The van der Waals surface area contributed by atoms with Crippen LogP contribution in [0, 0.1) is 17.2 Å². The summed E-state index contributed by atoms with van der Waals surface area (Å²) in [6.07, 6.45) is 5.15. The van der Waals surface area contributed by atoms with E-state index >= 15 is 0 Å².